The third kappa shape index (κ3) is 43.3. The fraction of sp³-hybridized carbons (Fsp3) is 0.853. The first-order chi connectivity index (χ1) is 43.6. The second kappa shape index (κ2) is 59.4. The number of hydrogen-bond donors (Lipinski definition) is 9. The van der Waals surface area contributed by atoms with Crippen molar-refractivity contribution in [2.45, 2.75) is 389 Å². The van der Waals surface area contributed by atoms with Gasteiger partial charge in [0.2, 0.25) is 5.91 Å². The molecule has 12 unspecified atom stereocenters. The van der Waals surface area contributed by atoms with Gasteiger partial charge < -0.3 is 65.1 Å². The summed E-state index contributed by atoms with van der Waals surface area (Å²) < 4.78 is 22.9. The summed E-state index contributed by atoms with van der Waals surface area (Å²) in [5.74, 6) is -0.247. The van der Waals surface area contributed by atoms with Gasteiger partial charge in [-0.25, -0.2) is 0 Å². The Labute approximate surface area is 543 Å². The first-order valence-electron chi connectivity index (χ1n) is 37.0. The number of rotatable bonds is 61. The predicted octanol–water partition coefficient (Wildman–Crippen LogP) is 15.6. The van der Waals surface area contributed by atoms with Crippen molar-refractivity contribution in [2.75, 3.05) is 19.8 Å². The average molecular weight is 1260 g/mol. The zero-order valence-corrected chi connectivity index (χ0v) is 56.7. The van der Waals surface area contributed by atoms with Gasteiger partial charge in [0.25, 0.3) is 0 Å². The summed E-state index contributed by atoms with van der Waals surface area (Å²) in [6.45, 7) is 2.81. The lowest BCUT2D eigenvalue weighted by Crippen LogP contribution is -2.65. The zero-order chi connectivity index (χ0) is 64.5. The number of nitrogens with one attached hydrogen (secondary N) is 1. The summed E-state index contributed by atoms with van der Waals surface area (Å²) in [5, 5.41) is 87.5. The summed E-state index contributed by atoms with van der Waals surface area (Å²) in [4.78, 5) is 13.3. The van der Waals surface area contributed by atoms with Crippen molar-refractivity contribution in [2.24, 2.45) is 0 Å². The van der Waals surface area contributed by atoms with Crippen molar-refractivity contribution in [3.8, 4) is 0 Å². The van der Waals surface area contributed by atoms with Crippen LogP contribution in [0.4, 0.5) is 0 Å². The molecule has 2 aliphatic rings. The molecule has 2 rings (SSSR count). The molecule has 14 nitrogen and oxygen atoms in total. The molecule has 89 heavy (non-hydrogen) atoms. The molecule has 14 heteroatoms. The van der Waals surface area contributed by atoms with Gasteiger partial charge in [0.15, 0.2) is 12.6 Å². The highest BCUT2D eigenvalue weighted by atomic mass is 16.7. The zero-order valence-electron chi connectivity index (χ0n) is 56.7. The van der Waals surface area contributed by atoms with E-state index < -0.39 is 86.8 Å². The molecule has 0 saturated carbocycles. The SMILES string of the molecule is CCCCCCC/C=C\C/C=C\C/C=C\CCCCCCCCCCCCCCCCC(=O)NC(COC1OC(CO)C(OC2OC(CO)C(O)C(O)C2O)C(O)C1O)C(O)/C=C/CC/C=C/CCCCCCCCCCCCCCCCCCCCCC. The highest BCUT2D eigenvalue weighted by Gasteiger charge is 2.51. The van der Waals surface area contributed by atoms with Crippen molar-refractivity contribution in [1.82, 2.24) is 5.32 Å². The molecular formula is C75H137NO13. The molecule has 0 aromatic carbocycles. The van der Waals surface area contributed by atoms with E-state index in [1.807, 2.05) is 6.08 Å². The smallest absolute Gasteiger partial charge is 0.220 e. The van der Waals surface area contributed by atoms with Crippen LogP contribution in [-0.4, -0.2) is 140 Å². The van der Waals surface area contributed by atoms with Gasteiger partial charge in [0, 0.05) is 6.42 Å². The number of aliphatic hydroxyl groups excluding tert-OH is 8. The number of carbonyl (C=O) groups excluding carboxylic acids is 1. The standard InChI is InChI=1S/C75H137NO13/c1-3-5-7-9-11-13-15-17-19-21-23-25-27-29-31-32-33-35-37-39-41-43-45-47-49-51-53-55-57-59-67(80)76-63(62-86-74-72(85)70(83)73(66(61-78)88-74)89-75-71(84)69(82)68(81)65(60-77)87-75)64(79)58-56-54-52-50-48-46-44-42-40-38-36-34-30-28-26-24-22-20-18-16-14-12-10-8-6-4-2/h15,17,21,23,27,29,48,50,56,58,63-66,68-75,77-79,81-85H,3-14,16,18-20,22,24-26,28,30-47,49,51-55,57,59-62H2,1-2H3,(H,76,80)/b17-15-,23-21-,29-27-,50-48+,58-56+. The highest BCUT2D eigenvalue weighted by Crippen LogP contribution is 2.30. The molecule has 0 aromatic rings. The van der Waals surface area contributed by atoms with Crippen LogP contribution in [0.1, 0.15) is 316 Å². The second-order valence-corrected chi connectivity index (χ2v) is 26.1. The molecule has 0 aliphatic carbocycles. The van der Waals surface area contributed by atoms with Crippen LogP contribution in [0.3, 0.4) is 0 Å². The Bertz CT molecular complexity index is 1720. The average Bonchev–Trinajstić information content (AvgIpc) is 2.51. The molecule has 12 atom stereocenters. The first kappa shape index (κ1) is 82.8. The van der Waals surface area contributed by atoms with Gasteiger partial charge in [-0.05, 0) is 70.6 Å². The Kier molecular flexibility index (Phi) is 55.3. The molecule has 520 valence electrons. The molecule has 2 saturated heterocycles. The van der Waals surface area contributed by atoms with Gasteiger partial charge >= 0.3 is 0 Å². The monoisotopic (exact) mass is 1260 g/mol. The van der Waals surface area contributed by atoms with Crippen molar-refractivity contribution < 1.29 is 64.6 Å². The summed E-state index contributed by atoms with van der Waals surface area (Å²) in [6, 6.07) is -0.935. The number of unbranched alkanes of at least 4 members (excludes halogenated alkanes) is 40. The molecule has 9 N–H and O–H groups in total. The number of amides is 1. The molecule has 0 radical (unpaired) electrons. The first-order valence-corrected chi connectivity index (χ1v) is 37.0. The van der Waals surface area contributed by atoms with Crippen molar-refractivity contribution >= 4 is 5.91 Å². The van der Waals surface area contributed by atoms with Crippen molar-refractivity contribution in [3.63, 3.8) is 0 Å². The normalized spacial score (nSPS) is 23.3. The summed E-state index contributed by atoms with van der Waals surface area (Å²) >= 11 is 0. The Balaban J connectivity index is 1.68. The third-order valence-electron chi connectivity index (χ3n) is 17.9. The highest BCUT2D eigenvalue weighted by molar-refractivity contribution is 5.76. The summed E-state index contributed by atoms with van der Waals surface area (Å²) in [7, 11) is 0. The van der Waals surface area contributed by atoms with Gasteiger partial charge in [0.1, 0.15) is 48.8 Å². The molecule has 0 bridgehead atoms. The van der Waals surface area contributed by atoms with Crippen LogP contribution < -0.4 is 5.32 Å². The lowest BCUT2D eigenvalue weighted by molar-refractivity contribution is -0.359. The molecule has 1 amide bonds. The Morgan fingerprint density at radius 1 is 0.404 bits per heavy atom. The number of aliphatic hydroxyl groups is 8. The minimum Gasteiger partial charge on any atom is -0.394 e. The van der Waals surface area contributed by atoms with Crippen molar-refractivity contribution in [3.05, 3.63) is 60.8 Å². The van der Waals surface area contributed by atoms with Crippen LogP contribution in [0, 0.1) is 0 Å². The number of hydrogen-bond acceptors (Lipinski definition) is 13. The maximum atomic E-state index is 13.3. The Hall–Kier alpha value is -2.31. The number of allylic oxidation sites excluding steroid dienone is 9. The van der Waals surface area contributed by atoms with Gasteiger partial charge in [-0.1, -0.05) is 299 Å². The van der Waals surface area contributed by atoms with E-state index in [1.165, 1.54) is 238 Å². The maximum absolute atomic E-state index is 13.3. The topological polar surface area (TPSA) is 228 Å². The van der Waals surface area contributed by atoms with Crippen LogP contribution in [0.15, 0.2) is 60.8 Å². The summed E-state index contributed by atoms with van der Waals surface area (Å²) in [5.41, 5.74) is 0. The van der Waals surface area contributed by atoms with Gasteiger partial charge in [-0.2, -0.15) is 0 Å². The van der Waals surface area contributed by atoms with Gasteiger partial charge in [-0.15, -0.1) is 0 Å². The summed E-state index contributed by atoms with van der Waals surface area (Å²) in [6.07, 6.45) is 62.8. The fourth-order valence-corrected chi connectivity index (χ4v) is 12.0. The molecule has 2 aliphatic heterocycles. The van der Waals surface area contributed by atoms with Crippen LogP contribution >= 0.6 is 0 Å². The quantitative estimate of drug-likeness (QED) is 0.0204. The number of ether oxygens (including phenoxy) is 4. The van der Waals surface area contributed by atoms with Crippen LogP contribution in [0.5, 0.6) is 0 Å². The minimum absolute atomic E-state index is 0.247. The Morgan fingerprint density at radius 3 is 1.18 bits per heavy atom. The van der Waals surface area contributed by atoms with E-state index in [0.717, 1.165) is 44.9 Å². The van der Waals surface area contributed by atoms with E-state index in [2.05, 4.69) is 67.8 Å². The van der Waals surface area contributed by atoms with E-state index in [1.54, 1.807) is 6.08 Å². The fourth-order valence-electron chi connectivity index (χ4n) is 12.0. The molecule has 2 fully saturated rings. The largest absolute Gasteiger partial charge is 0.394 e. The third-order valence-corrected chi connectivity index (χ3v) is 17.9. The maximum Gasteiger partial charge on any atom is 0.220 e. The molecule has 0 aromatic heterocycles. The van der Waals surface area contributed by atoms with E-state index >= 15 is 0 Å². The number of carbonyl (C=O) groups is 1. The van der Waals surface area contributed by atoms with Crippen LogP contribution in [-0.2, 0) is 23.7 Å². The van der Waals surface area contributed by atoms with Gasteiger partial charge in [-0.3, -0.25) is 4.79 Å². The molecule has 2 heterocycles. The predicted molar refractivity (Wildman–Crippen MR) is 364 cm³/mol. The second-order valence-electron chi connectivity index (χ2n) is 26.1. The van der Waals surface area contributed by atoms with E-state index in [4.69, 9.17) is 18.9 Å². The van der Waals surface area contributed by atoms with E-state index in [0.29, 0.717) is 12.8 Å². The van der Waals surface area contributed by atoms with E-state index in [-0.39, 0.29) is 18.9 Å². The Morgan fingerprint density at radius 2 is 0.753 bits per heavy atom. The van der Waals surface area contributed by atoms with Crippen LogP contribution in [0.2, 0.25) is 0 Å². The lowest BCUT2D eigenvalue weighted by Gasteiger charge is -2.46. The molecule has 0 spiro atoms. The van der Waals surface area contributed by atoms with E-state index in [9.17, 15) is 45.6 Å². The van der Waals surface area contributed by atoms with Gasteiger partial charge in [0.05, 0.1) is 32.0 Å². The molecular weight excluding hydrogens is 1120 g/mol. The van der Waals surface area contributed by atoms with Crippen molar-refractivity contribution in [1.29, 1.82) is 0 Å². The minimum atomic E-state index is -1.79. The van der Waals surface area contributed by atoms with Crippen LogP contribution in [0.25, 0.3) is 0 Å². The lowest BCUT2D eigenvalue weighted by atomic mass is 9.97.